The maximum Gasteiger partial charge on any atom is 0.251 e. The van der Waals surface area contributed by atoms with Crippen molar-refractivity contribution < 1.29 is 14.0 Å². The minimum atomic E-state index is -0.520. The number of nitrogens with one attached hydrogen (secondary N) is 2. The summed E-state index contributed by atoms with van der Waals surface area (Å²) in [6.07, 6.45) is 5.44. The molecule has 1 saturated heterocycles. The maximum atomic E-state index is 13.3. The lowest BCUT2D eigenvalue weighted by molar-refractivity contribution is -0.132. The minimum absolute atomic E-state index is 0.0280. The molecule has 204 valence electrons. The van der Waals surface area contributed by atoms with Crippen molar-refractivity contribution in [2.24, 2.45) is 0 Å². The molecule has 1 heterocycles. The van der Waals surface area contributed by atoms with Crippen LogP contribution in [0.3, 0.4) is 0 Å². The van der Waals surface area contributed by atoms with Crippen molar-refractivity contribution in [2.75, 3.05) is 19.6 Å². The average molecular weight is 528 g/mol. The van der Waals surface area contributed by atoms with Crippen LogP contribution in [0.4, 0.5) is 4.39 Å². The van der Waals surface area contributed by atoms with Gasteiger partial charge in [0.25, 0.3) is 5.91 Å². The van der Waals surface area contributed by atoms with Gasteiger partial charge >= 0.3 is 0 Å². The Morgan fingerprint density at radius 2 is 1.59 bits per heavy atom. The first kappa shape index (κ1) is 27.1. The molecule has 2 fully saturated rings. The zero-order valence-electron chi connectivity index (χ0n) is 22.7. The third kappa shape index (κ3) is 6.74. The highest BCUT2D eigenvalue weighted by Gasteiger charge is 2.50. The zero-order chi connectivity index (χ0) is 27.2. The molecule has 5 nitrogen and oxygen atoms in total. The van der Waals surface area contributed by atoms with Gasteiger partial charge in [0.15, 0.2) is 0 Å². The Labute approximate surface area is 230 Å². The standard InChI is InChI=1S/C33H38FN3O2/c1-33(23-29(33)26-16-18-28(34)19-17-26)35-20-6-5-11-30(32(39)37-21-7-8-22-37)36-31(38)27-14-12-25(13-15-27)24-9-3-2-4-10-24/h2-4,9-10,12-19,29-30,35H,5-8,11,20-23H2,1H3,(H,36,38)/t29-,30-,33+/m0/s1. The van der Waals surface area contributed by atoms with E-state index in [4.69, 9.17) is 0 Å². The number of hydrogen-bond acceptors (Lipinski definition) is 3. The summed E-state index contributed by atoms with van der Waals surface area (Å²) in [5.74, 6) is 0.0108. The summed E-state index contributed by atoms with van der Waals surface area (Å²) in [4.78, 5) is 28.3. The van der Waals surface area contributed by atoms with Crippen LogP contribution in [0, 0.1) is 5.82 Å². The zero-order valence-corrected chi connectivity index (χ0v) is 22.7. The smallest absolute Gasteiger partial charge is 0.251 e. The Balaban J connectivity index is 1.13. The number of likely N-dealkylation sites (tertiary alicyclic amines) is 1. The number of carbonyl (C=O) groups is 2. The van der Waals surface area contributed by atoms with Crippen LogP contribution >= 0.6 is 0 Å². The van der Waals surface area contributed by atoms with Crippen LogP contribution in [-0.4, -0.2) is 47.9 Å². The second-order valence-corrected chi connectivity index (χ2v) is 11.2. The average Bonchev–Trinajstić information content (AvgIpc) is 3.34. The van der Waals surface area contributed by atoms with Gasteiger partial charge in [0, 0.05) is 30.1 Å². The van der Waals surface area contributed by atoms with Crippen molar-refractivity contribution in [3.8, 4) is 11.1 Å². The molecular weight excluding hydrogens is 489 g/mol. The summed E-state index contributed by atoms with van der Waals surface area (Å²) < 4.78 is 13.3. The fourth-order valence-electron chi connectivity index (χ4n) is 5.69. The lowest BCUT2D eigenvalue weighted by Gasteiger charge is -2.24. The SMILES string of the molecule is C[C@@]1(NCCCC[C@H](NC(=O)c2ccc(-c3ccccc3)cc2)C(=O)N2CCCC2)C[C@H]1c1ccc(F)cc1. The quantitative estimate of drug-likeness (QED) is 0.304. The van der Waals surface area contributed by atoms with Gasteiger partial charge in [-0.1, -0.05) is 54.6 Å². The Morgan fingerprint density at radius 1 is 0.923 bits per heavy atom. The molecule has 1 aliphatic heterocycles. The number of hydrogen-bond donors (Lipinski definition) is 2. The largest absolute Gasteiger partial charge is 0.341 e. The van der Waals surface area contributed by atoms with E-state index in [1.54, 1.807) is 0 Å². The molecule has 5 rings (SSSR count). The maximum absolute atomic E-state index is 13.3. The number of amides is 2. The summed E-state index contributed by atoms with van der Waals surface area (Å²) in [6.45, 7) is 4.58. The molecule has 0 radical (unpaired) electrons. The molecule has 3 aromatic rings. The highest BCUT2D eigenvalue weighted by Crippen LogP contribution is 2.51. The van der Waals surface area contributed by atoms with Gasteiger partial charge in [-0.2, -0.15) is 0 Å². The van der Waals surface area contributed by atoms with Crippen LogP contribution in [0.25, 0.3) is 11.1 Å². The summed E-state index contributed by atoms with van der Waals surface area (Å²) in [6, 6.07) is 23.9. The molecule has 2 amide bonds. The fourth-order valence-corrected chi connectivity index (χ4v) is 5.69. The number of benzene rings is 3. The predicted octanol–water partition coefficient (Wildman–Crippen LogP) is 5.92. The number of rotatable bonds is 11. The van der Waals surface area contributed by atoms with Crippen LogP contribution in [-0.2, 0) is 4.79 Å². The monoisotopic (exact) mass is 527 g/mol. The van der Waals surface area contributed by atoms with Crippen molar-refractivity contribution in [3.05, 3.63) is 95.8 Å². The Kier molecular flexibility index (Phi) is 8.41. The molecular formula is C33H38FN3O2. The number of halogens is 1. The Morgan fingerprint density at radius 3 is 2.28 bits per heavy atom. The molecule has 2 aliphatic rings. The Bertz CT molecular complexity index is 1260. The fraction of sp³-hybridized carbons (Fsp3) is 0.394. The molecule has 3 aromatic carbocycles. The van der Waals surface area contributed by atoms with Crippen LogP contribution in [0.2, 0.25) is 0 Å². The van der Waals surface area contributed by atoms with Crippen LogP contribution < -0.4 is 10.6 Å². The molecule has 6 heteroatoms. The number of carbonyl (C=O) groups excluding carboxylic acids is 2. The summed E-state index contributed by atoms with van der Waals surface area (Å²) in [5.41, 5.74) is 3.91. The Hall–Kier alpha value is -3.51. The first-order valence-electron chi connectivity index (χ1n) is 14.2. The van der Waals surface area contributed by atoms with Crippen molar-refractivity contribution in [3.63, 3.8) is 0 Å². The van der Waals surface area contributed by atoms with E-state index in [1.807, 2.05) is 71.6 Å². The first-order valence-corrected chi connectivity index (χ1v) is 14.2. The lowest BCUT2D eigenvalue weighted by Crippen LogP contribution is -2.47. The van der Waals surface area contributed by atoms with E-state index in [9.17, 15) is 14.0 Å². The van der Waals surface area contributed by atoms with E-state index in [2.05, 4.69) is 17.6 Å². The van der Waals surface area contributed by atoms with Gasteiger partial charge in [-0.25, -0.2) is 4.39 Å². The molecule has 1 saturated carbocycles. The van der Waals surface area contributed by atoms with Crippen LogP contribution in [0.15, 0.2) is 78.9 Å². The molecule has 0 aromatic heterocycles. The number of nitrogens with zero attached hydrogens (tertiary/aromatic N) is 1. The molecule has 0 spiro atoms. The van der Waals surface area contributed by atoms with E-state index in [0.29, 0.717) is 17.9 Å². The molecule has 0 bridgehead atoms. The van der Waals surface area contributed by atoms with E-state index in [0.717, 1.165) is 62.9 Å². The van der Waals surface area contributed by atoms with Crippen LogP contribution in [0.1, 0.15) is 67.3 Å². The molecule has 1 aliphatic carbocycles. The van der Waals surface area contributed by atoms with E-state index in [-0.39, 0.29) is 23.2 Å². The van der Waals surface area contributed by atoms with E-state index >= 15 is 0 Å². The third-order valence-electron chi connectivity index (χ3n) is 8.23. The lowest BCUT2D eigenvalue weighted by atomic mass is 10.0. The third-order valence-corrected chi connectivity index (χ3v) is 8.23. The van der Waals surface area contributed by atoms with Gasteiger partial charge in [-0.15, -0.1) is 0 Å². The van der Waals surface area contributed by atoms with E-state index < -0.39 is 6.04 Å². The van der Waals surface area contributed by atoms with Gasteiger partial charge < -0.3 is 15.5 Å². The van der Waals surface area contributed by atoms with Gasteiger partial charge in [0.05, 0.1) is 0 Å². The minimum Gasteiger partial charge on any atom is -0.341 e. The van der Waals surface area contributed by atoms with Crippen molar-refractivity contribution >= 4 is 11.8 Å². The van der Waals surface area contributed by atoms with E-state index in [1.165, 1.54) is 17.7 Å². The van der Waals surface area contributed by atoms with Gasteiger partial charge in [0.1, 0.15) is 11.9 Å². The topological polar surface area (TPSA) is 61.4 Å². The van der Waals surface area contributed by atoms with Gasteiger partial charge in [0.2, 0.25) is 5.91 Å². The van der Waals surface area contributed by atoms with Gasteiger partial charge in [-0.05, 0) is 92.9 Å². The highest BCUT2D eigenvalue weighted by atomic mass is 19.1. The summed E-state index contributed by atoms with van der Waals surface area (Å²) in [7, 11) is 0. The second kappa shape index (κ2) is 12.1. The normalized spacial score (nSPS) is 21.0. The second-order valence-electron chi connectivity index (χ2n) is 11.2. The first-order chi connectivity index (χ1) is 18.9. The highest BCUT2D eigenvalue weighted by molar-refractivity contribution is 5.98. The van der Waals surface area contributed by atoms with Crippen LogP contribution in [0.5, 0.6) is 0 Å². The predicted molar refractivity (Wildman–Crippen MR) is 153 cm³/mol. The summed E-state index contributed by atoms with van der Waals surface area (Å²) >= 11 is 0. The molecule has 39 heavy (non-hydrogen) atoms. The van der Waals surface area contributed by atoms with Gasteiger partial charge in [-0.3, -0.25) is 9.59 Å². The van der Waals surface area contributed by atoms with Crippen molar-refractivity contribution in [1.29, 1.82) is 0 Å². The molecule has 0 unspecified atom stereocenters. The number of unbranched alkanes of at least 4 members (excludes halogenated alkanes) is 1. The van der Waals surface area contributed by atoms with Crippen molar-refractivity contribution in [2.45, 2.75) is 62.9 Å². The molecule has 3 atom stereocenters. The molecule has 2 N–H and O–H groups in total. The van der Waals surface area contributed by atoms with Crippen molar-refractivity contribution in [1.82, 2.24) is 15.5 Å². The summed E-state index contributed by atoms with van der Waals surface area (Å²) in [5, 5.41) is 6.70.